The zero-order chi connectivity index (χ0) is 36.9. The SMILES string of the molecule is CCNC(=O)C(=O)C(C)NC(=O)[C@@H]1C[C@@H](OC(=O)N2CCc3ccccc3C2)CN1C(=O)[C@@H](NC(=O)N[C@H](C(=O)C1CC1)C(C)C)C(C)(C)C. The van der Waals surface area contributed by atoms with Gasteiger partial charge in [0.2, 0.25) is 17.6 Å². The van der Waals surface area contributed by atoms with Crippen molar-refractivity contribution in [3.63, 3.8) is 0 Å². The van der Waals surface area contributed by atoms with Crippen LogP contribution in [-0.2, 0) is 41.7 Å². The molecule has 14 nitrogen and oxygen atoms in total. The van der Waals surface area contributed by atoms with Crippen molar-refractivity contribution in [2.45, 2.75) is 111 Å². The van der Waals surface area contributed by atoms with Crippen molar-refractivity contribution < 1.29 is 38.3 Å². The van der Waals surface area contributed by atoms with Crippen LogP contribution < -0.4 is 21.3 Å². The summed E-state index contributed by atoms with van der Waals surface area (Å²) in [7, 11) is 0. The lowest BCUT2D eigenvalue weighted by molar-refractivity contribution is -0.143. The maximum absolute atomic E-state index is 14.4. The summed E-state index contributed by atoms with van der Waals surface area (Å²) in [4.78, 5) is 95.2. The van der Waals surface area contributed by atoms with Gasteiger partial charge in [0.25, 0.3) is 5.91 Å². The van der Waals surface area contributed by atoms with Gasteiger partial charge < -0.3 is 35.8 Å². The van der Waals surface area contributed by atoms with Crippen LogP contribution in [0.15, 0.2) is 24.3 Å². The molecule has 274 valence electrons. The van der Waals surface area contributed by atoms with Crippen molar-refractivity contribution in [1.82, 2.24) is 31.1 Å². The molecule has 4 rings (SSSR count). The summed E-state index contributed by atoms with van der Waals surface area (Å²) in [6.07, 6.45) is 0.722. The Balaban J connectivity index is 1.53. The lowest BCUT2D eigenvalue weighted by Crippen LogP contribution is -2.61. The molecule has 0 radical (unpaired) electrons. The third-order valence-electron chi connectivity index (χ3n) is 9.45. The van der Waals surface area contributed by atoms with E-state index in [1.165, 1.54) is 11.8 Å². The smallest absolute Gasteiger partial charge is 0.410 e. The van der Waals surface area contributed by atoms with E-state index in [0.29, 0.717) is 19.5 Å². The van der Waals surface area contributed by atoms with Crippen molar-refractivity contribution in [1.29, 1.82) is 0 Å². The molecular formula is C36H52N6O8. The number of rotatable bonds is 12. The summed E-state index contributed by atoms with van der Waals surface area (Å²) in [6, 6.07) is 2.89. The number of Topliss-reactive ketones (excluding diaryl/α,β-unsaturated/α-hetero) is 2. The van der Waals surface area contributed by atoms with E-state index in [2.05, 4.69) is 21.3 Å². The average Bonchev–Trinajstić information content (AvgIpc) is 3.83. The summed E-state index contributed by atoms with van der Waals surface area (Å²) < 4.78 is 5.87. The largest absolute Gasteiger partial charge is 0.444 e. The monoisotopic (exact) mass is 696 g/mol. The number of nitrogens with zero attached hydrogens (tertiary/aromatic N) is 2. The Morgan fingerprint density at radius 2 is 1.60 bits per heavy atom. The number of amides is 6. The van der Waals surface area contributed by atoms with Gasteiger partial charge in [-0.2, -0.15) is 0 Å². The first-order valence-electron chi connectivity index (χ1n) is 17.6. The highest BCUT2D eigenvalue weighted by Crippen LogP contribution is 2.32. The highest BCUT2D eigenvalue weighted by Gasteiger charge is 2.47. The first-order valence-corrected chi connectivity index (χ1v) is 17.6. The second-order valence-electron chi connectivity index (χ2n) is 15.0. The van der Waals surface area contributed by atoms with Crippen LogP contribution in [0.1, 0.15) is 78.9 Å². The normalized spacial score (nSPS) is 20.6. The number of likely N-dealkylation sites (tertiary alicyclic amines) is 1. The summed E-state index contributed by atoms with van der Waals surface area (Å²) >= 11 is 0. The molecule has 4 N–H and O–H groups in total. The summed E-state index contributed by atoms with van der Waals surface area (Å²) in [6.45, 7) is 12.9. The van der Waals surface area contributed by atoms with E-state index in [9.17, 15) is 33.6 Å². The van der Waals surface area contributed by atoms with Gasteiger partial charge in [-0.1, -0.05) is 58.9 Å². The maximum atomic E-state index is 14.4. The first-order chi connectivity index (χ1) is 23.5. The molecule has 50 heavy (non-hydrogen) atoms. The minimum atomic E-state index is -1.19. The molecule has 1 aliphatic carbocycles. The zero-order valence-corrected chi connectivity index (χ0v) is 30.2. The lowest BCUT2D eigenvalue weighted by Gasteiger charge is -2.36. The number of urea groups is 1. The Morgan fingerprint density at radius 1 is 0.940 bits per heavy atom. The van der Waals surface area contributed by atoms with Crippen LogP contribution >= 0.6 is 0 Å². The average molecular weight is 697 g/mol. The highest BCUT2D eigenvalue weighted by molar-refractivity contribution is 6.38. The summed E-state index contributed by atoms with van der Waals surface area (Å²) in [5, 5.41) is 10.5. The van der Waals surface area contributed by atoms with E-state index in [-0.39, 0.29) is 37.1 Å². The number of carbonyl (C=O) groups is 7. The van der Waals surface area contributed by atoms with E-state index in [1.54, 1.807) is 32.6 Å². The fourth-order valence-electron chi connectivity index (χ4n) is 6.38. The molecule has 14 heteroatoms. The van der Waals surface area contributed by atoms with Crippen molar-refractivity contribution in [2.75, 3.05) is 19.6 Å². The Morgan fingerprint density at radius 3 is 2.20 bits per heavy atom. The van der Waals surface area contributed by atoms with Crippen LogP contribution in [0.3, 0.4) is 0 Å². The number of fused-ring (bicyclic) bond motifs is 1. The summed E-state index contributed by atoms with van der Waals surface area (Å²) in [5.74, 6) is -3.29. The minimum Gasteiger partial charge on any atom is -0.444 e. The van der Waals surface area contributed by atoms with Crippen LogP contribution in [0.25, 0.3) is 0 Å². The molecule has 1 aromatic rings. The number of carbonyl (C=O) groups excluding carboxylic acids is 7. The van der Waals surface area contributed by atoms with Gasteiger partial charge in [-0.05, 0) is 55.6 Å². The fraction of sp³-hybridized carbons (Fsp3) is 0.639. The molecule has 5 atom stereocenters. The standard InChI is InChI=1S/C36H52N6O8/c1-8-37-32(46)28(43)21(4)38-31(45)26-17-25(50-35(49)41-16-15-22-11-9-10-12-24(22)18-41)19-42(26)33(47)30(36(5,6)7)40-34(48)39-27(20(2)3)29(44)23-13-14-23/h9-12,20-21,23,25-27,30H,8,13-19H2,1-7H3,(H,37,46)(H,38,45)(H2,39,40,48)/t21?,25-,26+,27+,30-/m1/s1. The Bertz CT molecular complexity index is 1480. The van der Waals surface area contributed by atoms with E-state index in [1.807, 2.05) is 38.1 Å². The van der Waals surface area contributed by atoms with Gasteiger partial charge >= 0.3 is 12.1 Å². The van der Waals surface area contributed by atoms with Crippen LogP contribution in [0.4, 0.5) is 9.59 Å². The number of nitrogens with one attached hydrogen (secondary N) is 4. The molecule has 0 aromatic heterocycles. The van der Waals surface area contributed by atoms with Gasteiger partial charge in [0.05, 0.1) is 18.6 Å². The maximum Gasteiger partial charge on any atom is 0.410 e. The summed E-state index contributed by atoms with van der Waals surface area (Å²) in [5.41, 5.74) is 1.32. The minimum absolute atomic E-state index is 0.0387. The molecule has 3 aliphatic rings. The Hall–Kier alpha value is -4.49. The van der Waals surface area contributed by atoms with Gasteiger partial charge in [-0.15, -0.1) is 0 Å². The molecule has 2 fully saturated rings. The number of ether oxygens (including phenoxy) is 1. The molecule has 1 unspecified atom stereocenters. The first kappa shape index (κ1) is 38.3. The zero-order valence-electron chi connectivity index (χ0n) is 30.2. The molecule has 0 bridgehead atoms. The molecule has 0 spiro atoms. The number of ketones is 2. The van der Waals surface area contributed by atoms with E-state index in [4.69, 9.17) is 4.74 Å². The molecule has 1 saturated heterocycles. The van der Waals surface area contributed by atoms with Crippen LogP contribution in [-0.4, -0.2) is 101 Å². The highest BCUT2D eigenvalue weighted by atomic mass is 16.6. The third kappa shape index (κ3) is 9.39. The van der Waals surface area contributed by atoms with Crippen molar-refractivity contribution >= 4 is 41.4 Å². The Labute approximate surface area is 293 Å². The van der Waals surface area contributed by atoms with Crippen molar-refractivity contribution in [3.05, 3.63) is 35.4 Å². The van der Waals surface area contributed by atoms with Gasteiger partial charge in [-0.25, -0.2) is 9.59 Å². The molecule has 2 heterocycles. The number of hydrogen-bond acceptors (Lipinski definition) is 8. The fourth-order valence-corrected chi connectivity index (χ4v) is 6.38. The lowest BCUT2D eigenvalue weighted by atomic mass is 9.85. The van der Waals surface area contributed by atoms with E-state index >= 15 is 0 Å². The number of hydrogen-bond donors (Lipinski definition) is 4. The molecule has 1 aromatic carbocycles. The van der Waals surface area contributed by atoms with E-state index in [0.717, 1.165) is 24.0 Å². The van der Waals surface area contributed by atoms with Gasteiger partial charge in [0.15, 0.2) is 5.78 Å². The van der Waals surface area contributed by atoms with E-state index < -0.39 is 71.3 Å². The second kappa shape index (κ2) is 16.0. The number of benzene rings is 1. The molecule has 2 aliphatic heterocycles. The van der Waals surface area contributed by atoms with Gasteiger partial charge in [-0.3, -0.25) is 24.0 Å². The Kier molecular flexibility index (Phi) is 12.3. The molecular weight excluding hydrogens is 644 g/mol. The van der Waals surface area contributed by atoms with Crippen molar-refractivity contribution in [2.24, 2.45) is 17.3 Å². The van der Waals surface area contributed by atoms with Gasteiger partial charge in [0.1, 0.15) is 18.2 Å². The second-order valence-corrected chi connectivity index (χ2v) is 15.0. The van der Waals surface area contributed by atoms with Crippen LogP contribution in [0.2, 0.25) is 0 Å². The predicted molar refractivity (Wildman–Crippen MR) is 184 cm³/mol. The molecule has 6 amide bonds. The molecule has 1 saturated carbocycles. The third-order valence-corrected chi connectivity index (χ3v) is 9.45. The van der Waals surface area contributed by atoms with Crippen LogP contribution in [0, 0.1) is 17.3 Å². The quantitative estimate of drug-likeness (QED) is 0.240. The topological polar surface area (TPSA) is 183 Å². The number of likely N-dealkylation sites (N-methyl/N-ethyl adjacent to an activating group) is 1. The van der Waals surface area contributed by atoms with Gasteiger partial charge in [0, 0.05) is 32.0 Å². The predicted octanol–water partition coefficient (Wildman–Crippen LogP) is 2.08. The van der Waals surface area contributed by atoms with Crippen molar-refractivity contribution in [3.8, 4) is 0 Å². The van der Waals surface area contributed by atoms with Crippen LogP contribution in [0.5, 0.6) is 0 Å².